The van der Waals surface area contributed by atoms with Crippen LogP contribution in [0.1, 0.15) is 12.5 Å². The third-order valence-electron chi connectivity index (χ3n) is 3.63. The molecular formula is C16H18FN5. The van der Waals surface area contributed by atoms with Gasteiger partial charge in [-0.05, 0) is 24.5 Å². The average Bonchev–Trinajstić information content (AvgIpc) is 2.98. The highest BCUT2D eigenvalue weighted by Gasteiger charge is 2.15. The summed E-state index contributed by atoms with van der Waals surface area (Å²) >= 11 is 0. The van der Waals surface area contributed by atoms with Gasteiger partial charge >= 0.3 is 0 Å². The molecule has 1 unspecified atom stereocenters. The van der Waals surface area contributed by atoms with Crippen molar-refractivity contribution in [2.24, 2.45) is 5.92 Å². The zero-order valence-electron chi connectivity index (χ0n) is 12.6. The van der Waals surface area contributed by atoms with E-state index in [1.165, 1.54) is 6.33 Å². The maximum absolute atomic E-state index is 12.7. The Morgan fingerprint density at radius 2 is 2.00 bits per heavy atom. The van der Waals surface area contributed by atoms with E-state index >= 15 is 0 Å². The van der Waals surface area contributed by atoms with Crippen LogP contribution in [-0.4, -0.2) is 33.3 Å². The fourth-order valence-electron chi connectivity index (χ4n) is 2.42. The van der Waals surface area contributed by atoms with Crippen molar-refractivity contribution >= 4 is 17.3 Å². The lowest BCUT2D eigenvalue weighted by Gasteiger charge is -2.18. The number of halogens is 1. The summed E-state index contributed by atoms with van der Waals surface area (Å²) in [4.78, 5) is 10.6. The number of benzene rings is 1. The van der Waals surface area contributed by atoms with E-state index < -0.39 is 0 Å². The summed E-state index contributed by atoms with van der Waals surface area (Å²) in [5.74, 6) is 0.633. The Kier molecular flexibility index (Phi) is 4.00. The Morgan fingerprint density at radius 1 is 1.23 bits per heavy atom. The quantitative estimate of drug-likeness (QED) is 0.726. The van der Waals surface area contributed by atoms with Gasteiger partial charge < -0.3 is 4.90 Å². The number of alkyl halides is 1. The van der Waals surface area contributed by atoms with Gasteiger partial charge in [-0.15, -0.1) is 0 Å². The Balaban J connectivity index is 2.01. The minimum Gasteiger partial charge on any atom is -0.313 e. The van der Waals surface area contributed by atoms with Gasteiger partial charge in [0.1, 0.15) is 6.33 Å². The van der Waals surface area contributed by atoms with Crippen molar-refractivity contribution in [1.82, 2.24) is 19.6 Å². The van der Waals surface area contributed by atoms with Gasteiger partial charge in [-0.3, -0.25) is 4.39 Å². The zero-order valence-corrected chi connectivity index (χ0v) is 12.6. The van der Waals surface area contributed by atoms with E-state index in [4.69, 9.17) is 0 Å². The largest absolute Gasteiger partial charge is 0.313 e. The smallest absolute Gasteiger partial charge is 0.234 e. The fourth-order valence-corrected chi connectivity index (χ4v) is 2.42. The van der Waals surface area contributed by atoms with Gasteiger partial charge in [0.05, 0.1) is 12.9 Å². The molecule has 114 valence electrons. The van der Waals surface area contributed by atoms with E-state index in [1.807, 2.05) is 49.2 Å². The number of aromatic nitrogens is 4. The van der Waals surface area contributed by atoms with Gasteiger partial charge in [-0.25, -0.2) is 9.97 Å². The number of nitrogens with zero attached hydrogens (tertiary/aromatic N) is 5. The van der Waals surface area contributed by atoms with Crippen LogP contribution in [0.5, 0.6) is 0 Å². The molecule has 0 N–H and O–H groups in total. The lowest BCUT2D eigenvalue weighted by molar-refractivity contribution is 0.382. The van der Waals surface area contributed by atoms with Gasteiger partial charge in [0, 0.05) is 18.3 Å². The molecular weight excluding hydrogens is 281 g/mol. The summed E-state index contributed by atoms with van der Waals surface area (Å²) in [7, 11) is 1.93. The molecule has 0 radical (unpaired) electrons. The van der Waals surface area contributed by atoms with Crippen LogP contribution in [0.2, 0.25) is 0 Å². The lowest BCUT2D eigenvalue weighted by atomic mass is 10.1. The Bertz CT molecular complexity index is 756. The molecule has 0 aliphatic rings. The standard InChI is InChI=1S/C16H18FN5/c1-12(9-17)8-13-10-20-22-15(13)18-11-19-16(22)21(2)14-6-4-3-5-7-14/h3-7,10-12H,8-9H2,1-2H3. The molecule has 0 fully saturated rings. The molecule has 0 bridgehead atoms. The molecule has 0 saturated carbocycles. The minimum absolute atomic E-state index is 0.0433. The van der Waals surface area contributed by atoms with Crippen LogP contribution in [0, 0.1) is 5.92 Å². The predicted molar refractivity (Wildman–Crippen MR) is 84.1 cm³/mol. The van der Waals surface area contributed by atoms with Crippen LogP contribution in [0.25, 0.3) is 5.65 Å². The van der Waals surface area contributed by atoms with Crippen LogP contribution in [0.4, 0.5) is 16.0 Å². The Hall–Kier alpha value is -2.50. The van der Waals surface area contributed by atoms with E-state index in [2.05, 4.69) is 15.1 Å². The van der Waals surface area contributed by atoms with Crippen molar-refractivity contribution in [3.63, 3.8) is 0 Å². The second-order valence-corrected chi connectivity index (χ2v) is 5.44. The monoisotopic (exact) mass is 299 g/mol. The zero-order chi connectivity index (χ0) is 15.5. The number of para-hydroxylation sites is 1. The van der Waals surface area contributed by atoms with E-state index in [9.17, 15) is 4.39 Å². The molecule has 22 heavy (non-hydrogen) atoms. The van der Waals surface area contributed by atoms with Gasteiger partial charge in [0.2, 0.25) is 5.95 Å². The summed E-state index contributed by atoms with van der Waals surface area (Å²) in [6.45, 7) is 1.53. The molecule has 0 aliphatic carbocycles. The maximum atomic E-state index is 12.7. The molecule has 0 saturated heterocycles. The fraction of sp³-hybridized carbons (Fsp3) is 0.312. The van der Waals surface area contributed by atoms with Crippen molar-refractivity contribution < 1.29 is 4.39 Å². The second kappa shape index (κ2) is 6.09. The number of rotatable bonds is 5. The first-order chi connectivity index (χ1) is 10.7. The van der Waals surface area contributed by atoms with Gasteiger partial charge in [-0.2, -0.15) is 9.61 Å². The van der Waals surface area contributed by atoms with Gasteiger partial charge in [0.15, 0.2) is 5.65 Å². The van der Waals surface area contributed by atoms with Crippen LogP contribution in [-0.2, 0) is 6.42 Å². The first kappa shape index (κ1) is 14.4. The normalized spacial score (nSPS) is 12.5. The molecule has 3 rings (SSSR count). The van der Waals surface area contributed by atoms with Gasteiger partial charge in [0.25, 0.3) is 0 Å². The predicted octanol–water partition coefficient (Wildman–Crippen LogP) is 3.04. The van der Waals surface area contributed by atoms with Crippen molar-refractivity contribution in [3.05, 3.63) is 48.4 Å². The van der Waals surface area contributed by atoms with Crippen molar-refractivity contribution in [1.29, 1.82) is 0 Å². The highest BCUT2D eigenvalue weighted by atomic mass is 19.1. The topological polar surface area (TPSA) is 46.3 Å². The van der Waals surface area contributed by atoms with Crippen LogP contribution in [0.15, 0.2) is 42.9 Å². The molecule has 1 atom stereocenters. The SMILES string of the molecule is CC(CF)Cc1cnn2c(N(C)c3ccccc3)ncnc12. The third-order valence-corrected chi connectivity index (χ3v) is 3.63. The molecule has 2 aromatic heterocycles. The molecule has 0 aliphatic heterocycles. The minimum atomic E-state index is -0.348. The number of hydrogen-bond donors (Lipinski definition) is 0. The van der Waals surface area contributed by atoms with Crippen LogP contribution < -0.4 is 4.90 Å². The van der Waals surface area contributed by atoms with Crippen molar-refractivity contribution in [2.75, 3.05) is 18.6 Å². The highest BCUT2D eigenvalue weighted by molar-refractivity contribution is 5.59. The first-order valence-electron chi connectivity index (χ1n) is 7.23. The maximum Gasteiger partial charge on any atom is 0.234 e. The molecule has 3 aromatic rings. The molecule has 5 nitrogen and oxygen atoms in total. The van der Waals surface area contributed by atoms with Crippen LogP contribution in [0.3, 0.4) is 0 Å². The van der Waals surface area contributed by atoms with E-state index in [-0.39, 0.29) is 12.6 Å². The first-order valence-corrected chi connectivity index (χ1v) is 7.23. The summed E-state index contributed by atoms with van der Waals surface area (Å²) in [6, 6.07) is 9.92. The lowest BCUT2D eigenvalue weighted by Crippen LogP contribution is -2.16. The van der Waals surface area contributed by atoms with Crippen molar-refractivity contribution in [2.45, 2.75) is 13.3 Å². The van der Waals surface area contributed by atoms with E-state index in [0.717, 1.165) is 16.9 Å². The number of hydrogen-bond acceptors (Lipinski definition) is 4. The van der Waals surface area contributed by atoms with E-state index in [0.29, 0.717) is 12.4 Å². The highest BCUT2D eigenvalue weighted by Crippen LogP contribution is 2.22. The molecule has 6 heteroatoms. The Labute approximate surface area is 128 Å². The number of fused-ring (bicyclic) bond motifs is 1. The second-order valence-electron chi connectivity index (χ2n) is 5.44. The molecule has 2 heterocycles. The third kappa shape index (κ3) is 2.64. The summed E-state index contributed by atoms with van der Waals surface area (Å²) in [5.41, 5.74) is 2.68. The van der Waals surface area contributed by atoms with Gasteiger partial charge in [-0.1, -0.05) is 25.1 Å². The van der Waals surface area contributed by atoms with E-state index in [1.54, 1.807) is 10.7 Å². The molecule has 0 spiro atoms. The summed E-state index contributed by atoms with van der Waals surface area (Å²) < 4.78 is 14.4. The summed E-state index contributed by atoms with van der Waals surface area (Å²) in [6.07, 6.45) is 3.89. The van der Waals surface area contributed by atoms with Crippen LogP contribution >= 0.6 is 0 Å². The molecule has 0 amide bonds. The average molecular weight is 299 g/mol. The molecule has 1 aromatic carbocycles. The summed E-state index contributed by atoms with van der Waals surface area (Å²) in [5, 5.41) is 4.38. The Morgan fingerprint density at radius 3 is 2.73 bits per heavy atom. The van der Waals surface area contributed by atoms with Crippen molar-refractivity contribution in [3.8, 4) is 0 Å². The number of anilines is 2.